The minimum absolute atomic E-state index is 0.0378. The molecule has 1 aromatic carbocycles. The number of likely N-dealkylation sites (N-methyl/N-ethyl adjacent to an activating group) is 1. The standard InChI is InChI=1S/C20H21FN4O3/c1-12-16(13(2)23-20(28)17(12)10-22)7-8-19(27)25(3)11-18(26)24-15-6-4-5-14(21)9-15/h4-6,9H,7-8,11H2,1-3H3,(H,23,28)(H,24,26). The Kier molecular flexibility index (Phi) is 6.66. The number of H-pyrrole nitrogens is 1. The van der Waals surface area contributed by atoms with E-state index in [9.17, 15) is 18.8 Å². The Hall–Kier alpha value is -3.47. The maximum Gasteiger partial charge on any atom is 0.266 e. The van der Waals surface area contributed by atoms with Crippen molar-refractivity contribution in [3.8, 4) is 6.07 Å². The Morgan fingerprint density at radius 3 is 2.68 bits per heavy atom. The fourth-order valence-corrected chi connectivity index (χ4v) is 2.91. The lowest BCUT2D eigenvalue weighted by molar-refractivity contribution is -0.133. The number of carbonyl (C=O) groups is 2. The monoisotopic (exact) mass is 384 g/mol. The van der Waals surface area contributed by atoms with Crippen LogP contribution in [0.2, 0.25) is 0 Å². The van der Waals surface area contributed by atoms with Gasteiger partial charge in [-0.05, 0) is 49.6 Å². The lowest BCUT2D eigenvalue weighted by Gasteiger charge is -2.18. The Bertz CT molecular complexity index is 1010. The molecule has 0 bridgehead atoms. The number of aromatic nitrogens is 1. The van der Waals surface area contributed by atoms with Crippen molar-refractivity contribution in [1.82, 2.24) is 9.88 Å². The number of hydrogen-bond donors (Lipinski definition) is 2. The summed E-state index contributed by atoms with van der Waals surface area (Å²) in [6, 6.07) is 7.36. The maximum atomic E-state index is 13.2. The van der Waals surface area contributed by atoms with Crippen molar-refractivity contribution >= 4 is 17.5 Å². The van der Waals surface area contributed by atoms with Crippen LogP contribution in [0.15, 0.2) is 29.1 Å². The van der Waals surface area contributed by atoms with Gasteiger partial charge in [0.25, 0.3) is 5.56 Å². The molecule has 1 aromatic heterocycles. The summed E-state index contributed by atoms with van der Waals surface area (Å²) in [7, 11) is 1.50. The number of aromatic amines is 1. The summed E-state index contributed by atoms with van der Waals surface area (Å²) in [6.45, 7) is 3.21. The van der Waals surface area contributed by atoms with Crippen molar-refractivity contribution in [3.63, 3.8) is 0 Å². The van der Waals surface area contributed by atoms with Gasteiger partial charge in [0.1, 0.15) is 17.4 Å². The molecule has 0 aliphatic heterocycles. The number of carbonyl (C=O) groups excluding carboxylic acids is 2. The number of benzene rings is 1. The summed E-state index contributed by atoms with van der Waals surface area (Å²) in [5.41, 5.74) is 1.81. The second-order valence-corrected chi connectivity index (χ2v) is 6.48. The third-order valence-electron chi connectivity index (χ3n) is 4.42. The number of hydrogen-bond acceptors (Lipinski definition) is 4. The summed E-state index contributed by atoms with van der Waals surface area (Å²) >= 11 is 0. The largest absolute Gasteiger partial charge is 0.336 e. The van der Waals surface area contributed by atoms with E-state index in [4.69, 9.17) is 5.26 Å². The van der Waals surface area contributed by atoms with E-state index in [2.05, 4.69) is 10.3 Å². The van der Waals surface area contributed by atoms with Crippen LogP contribution in [0.25, 0.3) is 0 Å². The smallest absolute Gasteiger partial charge is 0.266 e. The van der Waals surface area contributed by atoms with E-state index in [1.807, 2.05) is 6.07 Å². The highest BCUT2D eigenvalue weighted by molar-refractivity contribution is 5.94. The van der Waals surface area contributed by atoms with Gasteiger partial charge in [-0.2, -0.15) is 5.26 Å². The quantitative estimate of drug-likeness (QED) is 0.795. The first-order valence-electron chi connectivity index (χ1n) is 8.64. The molecule has 0 saturated heterocycles. The van der Waals surface area contributed by atoms with Crippen molar-refractivity contribution in [2.75, 3.05) is 18.9 Å². The highest BCUT2D eigenvalue weighted by atomic mass is 19.1. The first-order valence-corrected chi connectivity index (χ1v) is 8.64. The number of anilines is 1. The summed E-state index contributed by atoms with van der Waals surface area (Å²) in [6.07, 6.45) is 0.445. The van der Waals surface area contributed by atoms with Crippen LogP contribution in [-0.2, 0) is 16.0 Å². The minimum Gasteiger partial charge on any atom is -0.336 e. The molecular formula is C20H21FN4O3. The average Bonchev–Trinajstić information content (AvgIpc) is 2.61. The Labute approximate surface area is 161 Å². The predicted octanol–water partition coefficient (Wildman–Crippen LogP) is 2.03. The highest BCUT2D eigenvalue weighted by Gasteiger charge is 2.16. The highest BCUT2D eigenvalue weighted by Crippen LogP contribution is 2.15. The molecule has 0 aliphatic rings. The van der Waals surface area contributed by atoms with Crippen molar-refractivity contribution < 1.29 is 14.0 Å². The third-order valence-corrected chi connectivity index (χ3v) is 4.42. The Morgan fingerprint density at radius 2 is 2.04 bits per heavy atom. The molecule has 0 unspecified atom stereocenters. The van der Waals surface area contributed by atoms with Crippen LogP contribution >= 0.6 is 0 Å². The number of nitriles is 1. The molecule has 2 aromatic rings. The molecule has 7 nitrogen and oxygen atoms in total. The summed E-state index contributed by atoms with van der Waals surface area (Å²) in [5.74, 6) is -1.17. The lowest BCUT2D eigenvalue weighted by Crippen LogP contribution is -2.35. The van der Waals surface area contributed by atoms with Crippen LogP contribution in [0.5, 0.6) is 0 Å². The molecule has 146 valence electrons. The van der Waals surface area contributed by atoms with Gasteiger partial charge in [-0.1, -0.05) is 6.07 Å². The number of nitrogens with one attached hydrogen (secondary N) is 2. The zero-order valence-corrected chi connectivity index (χ0v) is 15.9. The van der Waals surface area contributed by atoms with Gasteiger partial charge in [0.2, 0.25) is 11.8 Å². The van der Waals surface area contributed by atoms with Crippen LogP contribution in [0.1, 0.15) is 28.8 Å². The normalized spacial score (nSPS) is 10.2. The van der Waals surface area contributed by atoms with Gasteiger partial charge in [-0.15, -0.1) is 0 Å². The van der Waals surface area contributed by atoms with E-state index < -0.39 is 17.3 Å². The van der Waals surface area contributed by atoms with Crippen LogP contribution in [0.3, 0.4) is 0 Å². The van der Waals surface area contributed by atoms with E-state index in [0.29, 0.717) is 23.4 Å². The van der Waals surface area contributed by atoms with Gasteiger partial charge >= 0.3 is 0 Å². The van der Waals surface area contributed by atoms with Crippen LogP contribution in [0.4, 0.5) is 10.1 Å². The maximum absolute atomic E-state index is 13.2. The van der Waals surface area contributed by atoms with Crippen LogP contribution in [0, 0.1) is 31.0 Å². The van der Waals surface area contributed by atoms with E-state index >= 15 is 0 Å². The molecule has 0 saturated carbocycles. The third kappa shape index (κ3) is 5.04. The number of amides is 2. The Balaban J connectivity index is 1.97. The van der Waals surface area contributed by atoms with Crippen molar-refractivity contribution in [2.45, 2.75) is 26.7 Å². The predicted molar refractivity (Wildman–Crippen MR) is 102 cm³/mol. The molecule has 28 heavy (non-hydrogen) atoms. The van der Waals surface area contributed by atoms with Gasteiger partial charge in [-0.25, -0.2) is 4.39 Å². The molecule has 0 radical (unpaired) electrons. The van der Waals surface area contributed by atoms with Gasteiger partial charge in [0.05, 0.1) is 6.54 Å². The van der Waals surface area contributed by atoms with E-state index in [1.165, 1.54) is 30.1 Å². The minimum atomic E-state index is -0.467. The number of rotatable bonds is 6. The van der Waals surface area contributed by atoms with Crippen LogP contribution < -0.4 is 10.9 Å². The summed E-state index contributed by atoms with van der Waals surface area (Å²) in [5, 5.41) is 11.6. The van der Waals surface area contributed by atoms with E-state index in [1.54, 1.807) is 19.9 Å². The van der Waals surface area contributed by atoms with Crippen molar-refractivity contribution in [1.29, 1.82) is 5.26 Å². The molecule has 2 amide bonds. The molecule has 0 atom stereocenters. The molecule has 2 rings (SSSR count). The first kappa shape index (κ1) is 20.8. The average molecular weight is 384 g/mol. The number of nitrogens with zero attached hydrogens (tertiary/aromatic N) is 2. The summed E-state index contributed by atoms with van der Waals surface area (Å²) < 4.78 is 13.2. The fraction of sp³-hybridized carbons (Fsp3) is 0.300. The topological polar surface area (TPSA) is 106 Å². The summed E-state index contributed by atoms with van der Waals surface area (Å²) in [4.78, 5) is 40.0. The molecule has 1 heterocycles. The van der Waals surface area contributed by atoms with E-state index in [0.717, 1.165) is 5.56 Å². The molecule has 0 fully saturated rings. The second-order valence-electron chi connectivity index (χ2n) is 6.48. The molecule has 8 heteroatoms. The zero-order valence-electron chi connectivity index (χ0n) is 15.9. The molecule has 0 spiro atoms. The van der Waals surface area contributed by atoms with Gasteiger partial charge < -0.3 is 15.2 Å². The van der Waals surface area contributed by atoms with Gasteiger partial charge in [0, 0.05) is 24.8 Å². The van der Waals surface area contributed by atoms with Gasteiger partial charge in [0.15, 0.2) is 0 Å². The molecule has 2 N–H and O–H groups in total. The fourth-order valence-electron chi connectivity index (χ4n) is 2.91. The lowest BCUT2D eigenvalue weighted by atomic mass is 9.99. The zero-order chi connectivity index (χ0) is 20.8. The van der Waals surface area contributed by atoms with Crippen molar-refractivity contribution in [2.24, 2.45) is 0 Å². The molecular weight excluding hydrogens is 363 g/mol. The Morgan fingerprint density at radius 1 is 1.32 bits per heavy atom. The van der Waals surface area contributed by atoms with Crippen LogP contribution in [-0.4, -0.2) is 35.3 Å². The number of halogens is 1. The first-order chi connectivity index (χ1) is 13.2. The second kappa shape index (κ2) is 8.95. The van der Waals surface area contributed by atoms with Crippen molar-refractivity contribution in [3.05, 3.63) is 62.8 Å². The number of aryl methyl sites for hydroxylation is 1. The molecule has 0 aliphatic carbocycles. The SMILES string of the molecule is Cc1[nH]c(=O)c(C#N)c(C)c1CCC(=O)N(C)CC(=O)Nc1cccc(F)c1. The van der Waals surface area contributed by atoms with Gasteiger partial charge in [-0.3, -0.25) is 14.4 Å². The van der Waals surface area contributed by atoms with E-state index in [-0.39, 0.29) is 24.4 Å². The number of pyridine rings is 1.